The van der Waals surface area contributed by atoms with Gasteiger partial charge in [0.25, 0.3) is 5.56 Å². The van der Waals surface area contributed by atoms with Gasteiger partial charge in [0.05, 0.1) is 17.3 Å². The number of para-hydroxylation sites is 2. The topological polar surface area (TPSA) is 87.8 Å². The molecule has 0 aliphatic rings. The number of hydrogen-bond acceptors (Lipinski definition) is 4. The Morgan fingerprint density at radius 2 is 1.85 bits per heavy atom. The number of rotatable bonds is 4. The minimum absolute atomic E-state index is 0.145. The molecule has 0 aliphatic carbocycles. The maximum Gasteiger partial charge on any atom is 0.311 e. The minimum Gasteiger partial charge on any atom is -0.454 e. The summed E-state index contributed by atoms with van der Waals surface area (Å²) in [5, 5.41) is 1.50. The van der Waals surface area contributed by atoms with Crippen molar-refractivity contribution in [3.8, 4) is 0 Å². The molecule has 2 heterocycles. The summed E-state index contributed by atoms with van der Waals surface area (Å²) in [6.07, 6.45) is 1.31. The van der Waals surface area contributed by atoms with Crippen LogP contribution in [0.4, 0.5) is 0 Å². The van der Waals surface area contributed by atoms with E-state index in [0.29, 0.717) is 16.7 Å². The lowest BCUT2D eigenvalue weighted by Gasteiger charge is -2.13. The number of benzene rings is 2. The molecule has 4 rings (SSSR count). The Morgan fingerprint density at radius 3 is 2.69 bits per heavy atom. The molecule has 1 atom stereocenters. The number of aromatic amines is 2. The molecular weight excluding hydrogens is 330 g/mol. The summed E-state index contributed by atoms with van der Waals surface area (Å²) in [7, 11) is 0. The van der Waals surface area contributed by atoms with Crippen molar-refractivity contribution in [3.05, 3.63) is 76.5 Å². The highest BCUT2D eigenvalue weighted by Crippen LogP contribution is 2.20. The predicted octanol–water partition coefficient (Wildman–Crippen LogP) is 3.25. The maximum atomic E-state index is 12.3. The van der Waals surface area contributed by atoms with Crippen LogP contribution in [0.2, 0.25) is 0 Å². The lowest BCUT2D eigenvalue weighted by Crippen LogP contribution is -2.18. The van der Waals surface area contributed by atoms with Crippen LogP contribution in [-0.4, -0.2) is 20.9 Å². The van der Waals surface area contributed by atoms with Crippen molar-refractivity contribution in [2.45, 2.75) is 19.4 Å². The van der Waals surface area contributed by atoms with E-state index in [4.69, 9.17) is 4.74 Å². The molecule has 6 heteroatoms. The van der Waals surface area contributed by atoms with E-state index in [2.05, 4.69) is 15.0 Å². The van der Waals surface area contributed by atoms with Crippen molar-refractivity contribution in [2.24, 2.45) is 0 Å². The maximum absolute atomic E-state index is 12.3. The largest absolute Gasteiger partial charge is 0.454 e. The van der Waals surface area contributed by atoms with Crippen LogP contribution < -0.4 is 5.56 Å². The molecule has 0 spiro atoms. The highest BCUT2D eigenvalue weighted by Gasteiger charge is 2.17. The molecule has 26 heavy (non-hydrogen) atoms. The molecule has 0 aliphatic heterocycles. The van der Waals surface area contributed by atoms with Crippen LogP contribution in [0, 0.1) is 0 Å². The zero-order valence-electron chi connectivity index (χ0n) is 14.2. The summed E-state index contributed by atoms with van der Waals surface area (Å²) < 4.78 is 5.48. The van der Waals surface area contributed by atoms with Gasteiger partial charge < -0.3 is 14.7 Å². The second-order valence-electron chi connectivity index (χ2n) is 6.14. The number of fused-ring (bicyclic) bond motifs is 2. The third-order valence-electron chi connectivity index (χ3n) is 4.33. The first kappa shape index (κ1) is 16.1. The van der Waals surface area contributed by atoms with Gasteiger partial charge in [-0.15, -0.1) is 0 Å². The standard InChI is InChI=1S/C20H17N3O3/c1-12(19-22-17-9-5-3-7-15(17)20(25)23-19)26-18(24)10-13-11-21-16-8-4-2-6-14(13)16/h2-9,11-12,21H,10H2,1H3,(H,22,23,25)/t12-/m1/s1. The van der Waals surface area contributed by atoms with Crippen LogP contribution in [0.3, 0.4) is 0 Å². The highest BCUT2D eigenvalue weighted by atomic mass is 16.5. The van der Waals surface area contributed by atoms with Crippen LogP contribution in [0.5, 0.6) is 0 Å². The smallest absolute Gasteiger partial charge is 0.311 e. The van der Waals surface area contributed by atoms with Crippen LogP contribution in [0.25, 0.3) is 21.8 Å². The molecule has 0 fully saturated rings. The van der Waals surface area contributed by atoms with Crippen molar-refractivity contribution < 1.29 is 9.53 Å². The van der Waals surface area contributed by atoms with Crippen LogP contribution in [0.1, 0.15) is 24.4 Å². The second-order valence-corrected chi connectivity index (χ2v) is 6.14. The Kier molecular flexibility index (Phi) is 4.01. The summed E-state index contributed by atoms with van der Waals surface area (Å²) in [6, 6.07) is 14.8. The van der Waals surface area contributed by atoms with Crippen LogP contribution in [0.15, 0.2) is 59.5 Å². The van der Waals surface area contributed by atoms with Crippen molar-refractivity contribution in [1.82, 2.24) is 15.0 Å². The number of carbonyl (C=O) groups is 1. The van der Waals surface area contributed by atoms with Gasteiger partial charge in [-0.1, -0.05) is 30.3 Å². The van der Waals surface area contributed by atoms with Crippen molar-refractivity contribution in [3.63, 3.8) is 0 Å². The molecule has 0 amide bonds. The fourth-order valence-electron chi connectivity index (χ4n) is 3.03. The fraction of sp³-hybridized carbons (Fsp3) is 0.150. The Labute approximate surface area is 148 Å². The zero-order valence-corrected chi connectivity index (χ0v) is 14.2. The number of H-pyrrole nitrogens is 2. The van der Waals surface area contributed by atoms with Gasteiger partial charge >= 0.3 is 5.97 Å². The first-order valence-corrected chi connectivity index (χ1v) is 8.35. The molecular formula is C20H17N3O3. The number of ether oxygens (including phenoxy) is 1. The minimum atomic E-state index is -0.648. The van der Waals surface area contributed by atoms with Gasteiger partial charge in [-0.2, -0.15) is 0 Å². The van der Waals surface area contributed by atoms with Crippen LogP contribution >= 0.6 is 0 Å². The molecule has 0 saturated carbocycles. The summed E-state index contributed by atoms with van der Waals surface area (Å²) in [5.74, 6) is -0.0426. The number of hydrogen-bond donors (Lipinski definition) is 2. The number of nitrogens with one attached hydrogen (secondary N) is 2. The Bertz CT molecular complexity index is 1160. The summed E-state index contributed by atoms with van der Waals surface area (Å²) in [6.45, 7) is 1.69. The van der Waals surface area contributed by atoms with E-state index >= 15 is 0 Å². The molecule has 4 aromatic rings. The van der Waals surface area contributed by atoms with Gasteiger partial charge in [0, 0.05) is 17.1 Å². The van der Waals surface area contributed by atoms with Gasteiger partial charge in [0.2, 0.25) is 0 Å². The quantitative estimate of drug-likeness (QED) is 0.555. The SMILES string of the molecule is C[C@@H](OC(=O)Cc1c[nH]c2ccccc12)c1nc2ccccc2c(=O)[nH]1. The third kappa shape index (κ3) is 2.97. The average molecular weight is 347 g/mol. The first-order valence-electron chi connectivity index (χ1n) is 8.35. The van der Waals surface area contributed by atoms with Gasteiger partial charge in [0.15, 0.2) is 11.9 Å². The fourth-order valence-corrected chi connectivity index (χ4v) is 3.03. The van der Waals surface area contributed by atoms with Gasteiger partial charge in [-0.05, 0) is 30.7 Å². The number of esters is 1. The van der Waals surface area contributed by atoms with E-state index < -0.39 is 6.10 Å². The zero-order chi connectivity index (χ0) is 18.1. The molecule has 6 nitrogen and oxygen atoms in total. The molecule has 130 valence electrons. The van der Waals surface area contributed by atoms with E-state index in [1.807, 2.05) is 36.5 Å². The van der Waals surface area contributed by atoms with Crippen molar-refractivity contribution in [2.75, 3.05) is 0 Å². The molecule has 2 aromatic heterocycles. The number of carbonyl (C=O) groups excluding carboxylic acids is 1. The summed E-state index contributed by atoms with van der Waals surface area (Å²) in [4.78, 5) is 34.7. The monoisotopic (exact) mass is 347 g/mol. The lowest BCUT2D eigenvalue weighted by molar-refractivity contribution is -0.148. The van der Waals surface area contributed by atoms with Crippen molar-refractivity contribution >= 4 is 27.8 Å². The average Bonchev–Trinajstić information content (AvgIpc) is 3.04. The molecule has 0 bridgehead atoms. The van der Waals surface area contributed by atoms with E-state index in [-0.39, 0.29) is 17.9 Å². The Hall–Kier alpha value is -3.41. The Morgan fingerprint density at radius 1 is 1.12 bits per heavy atom. The van der Waals surface area contributed by atoms with Crippen molar-refractivity contribution in [1.29, 1.82) is 0 Å². The Balaban J connectivity index is 1.53. The first-order chi connectivity index (χ1) is 12.6. The predicted molar refractivity (Wildman–Crippen MR) is 98.9 cm³/mol. The second kappa shape index (κ2) is 6.48. The normalized spacial score (nSPS) is 12.3. The molecule has 2 aromatic carbocycles. The van der Waals surface area contributed by atoms with Gasteiger partial charge in [-0.25, -0.2) is 4.98 Å². The van der Waals surface area contributed by atoms with Gasteiger partial charge in [-0.3, -0.25) is 9.59 Å². The van der Waals surface area contributed by atoms with E-state index in [0.717, 1.165) is 16.5 Å². The van der Waals surface area contributed by atoms with E-state index in [1.54, 1.807) is 25.1 Å². The molecule has 0 radical (unpaired) electrons. The van der Waals surface area contributed by atoms with E-state index in [1.165, 1.54) is 0 Å². The summed E-state index contributed by atoms with van der Waals surface area (Å²) >= 11 is 0. The number of nitrogens with zero attached hydrogens (tertiary/aromatic N) is 1. The molecule has 0 unspecified atom stereocenters. The van der Waals surface area contributed by atoms with E-state index in [9.17, 15) is 9.59 Å². The molecule has 2 N–H and O–H groups in total. The third-order valence-corrected chi connectivity index (χ3v) is 4.33. The molecule has 0 saturated heterocycles. The van der Waals surface area contributed by atoms with Gasteiger partial charge in [0.1, 0.15) is 0 Å². The number of aromatic nitrogens is 3. The summed E-state index contributed by atoms with van der Waals surface area (Å²) in [5.41, 5.74) is 2.18. The lowest BCUT2D eigenvalue weighted by atomic mass is 10.1. The van der Waals surface area contributed by atoms with Crippen LogP contribution in [-0.2, 0) is 16.0 Å². The highest BCUT2D eigenvalue weighted by molar-refractivity contribution is 5.87.